The highest BCUT2D eigenvalue weighted by molar-refractivity contribution is 5.90. The molecule has 0 aliphatic carbocycles. The molecule has 20 heavy (non-hydrogen) atoms. The van der Waals surface area contributed by atoms with Crippen molar-refractivity contribution in [1.82, 2.24) is 20.8 Å². The van der Waals surface area contributed by atoms with Gasteiger partial charge in [0.1, 0.15) is 0 Å². The zero-order chi connectivity index (χ0) is 14.2. The Morgan fingerprint density at radius 3 is 3.20 bits per heavy atom. The molecule has 1 saturated heterocycles. The Morgan fingerprint density at radius 2 is 2.45 bits per heavy atom. The van der Waals surface area contributed by atoms with Gasteiger partial charge in [-0.3, -0.25) is 4.79 Å². The Morgan fingerprint density at radius 1 is 1.55 bits per heavy atom. The Balaban J connectivity index is 1.69. The molecule has 1 fully saturated rings. The van der Waals surface area contributed by atoms with Crippen LogP contribution >= 0.6 is 0 Å². The molecule has 2 heterocycles. The van der Waals surface area contributed by atoms with Gasteiger partial charge >= 0.3 is 0 Å². The molecule has 0 spiro atoms. The maximum atomic E-state index is 11.8. The van der Waals surface area contributed by atoms with E-state index in [1.807, 2.05) is 0 Å². The van der Waals surface area contributed by atoms with Crippen molar-refractivity contribution in [3.05, 3.63) is 11.7 Å². The van der Waals surface area contributed by atoms with Gasteiger partial charge in [0.2, 0.25) is 5.89 Å². The van der Waals surface area contributed by atoms with E-state index < -0.39 is 0 Å². The van der Waals surface area contributed by atoms with E-state index in [1.165, 1.54) is 0 Å². The van der Waals surface area contributed by atoms with Gasteiger partial charge in [0.05, 0.1) is 19.3 Å². The largest absolute Gasteiger partial charge is 0.394 e. The standard InChI is InChI=1S/C12H20N4O4/c17-6-8-19-7-2-5-14-11(18)10-15-12(20-16-10)9-3-1-4-13-9/h9,13,17H,1-8H2,(H,14,18). The lowest BCUT2D eigenvalue weighted by Crippen LogP contribution is -2.26. The third-order valence-electron chi connectivity index (χ3n) is 2.99. The first kappa shape index (κ1) is 14.9. The summed E-state index contributed by atoms with van der Waals surface area (Å²) >= 11 is 0. The summed E-state index contributed by atoms with van der Waals surface area (Å²) in [6.45, 7) is 2.21. The van der Waals surface area contributed by atoms with Gasteiger partial charge in [-0.1, -0.05) is 5.16 Å². The minimum absolute atomic E-state index is 0.00714. The lowest BCUT2D eigenvalue weighted by Gasteiger charge is -2.03. The van der Waals surface area contributed by atoms with E-state index in [0.717, 1.165) is 19.4 Å². The monoisotopic (exact) mass is 284 g/mol. The van der Waals surface area contributed by atoms with Crippen LogP contribution in [0.1, 0.15) is 41.8 Å². The number of ether oxygens (including phenoxy) is 1. The van der Waals surface area contributed by atoms with Crippen LogP contribution in [0.2, 0.25) is 0 Å². The number of carbonyl (C=O) groups is 1. The second-order valence-electron chi connectivity index (χ2n) is 4.55. The van der Waals surface area contributed by atoms with Gasteiger partial charge < -0.3 is 25.0 Å². The summed E-state index contributed by atoms with van der Waals surface area (Å²) in [5, 5.41) is 18.1. The Bertz CT molecular complexity index is 417. The summed E-state index contributed by atoms with van der Waals surface area (Å²) in [7, 11) is 0. The first-order valence-corrected chi connectivity index (χ1v) is 6.85. The number of nitrogens with one attached hydrogen (secondary N) is 2. The quantitative estimate of drug-likeness (QED) is 0.558. The van der Waals surface area contributed by atoms with E-state index in [9.17, 15) is 4.79 Å². The van der Waals surface area contributed by atoms with Crippen molar-refractivity contribution >= 4 is 5.91 Å². The highest BCUT2D eigenvalue weighted by Crippen LogP contribution is 2.20. The van der Waals surface area contributed by atoms with Crippen molar-refractivity contribution in [3.63, 3.8) is 0 Å². The fraction of sp³-hybridized carbons (Fsp3) is 0.750. The van der Waals surface area contributed by atoms with Gasteiger partial charge in [-0.05, 0) is 25.8 Å². The Kier molecular flexibility index (Phi) is 5.90. The Labute approximate surface area is 116 Å². The van der Waals surface area contributed by atoms with E-state index in [-0.39, 0.29) is 24.4 Å². The molecule has 1 unspecified atom stereocenters. The number of aromatic nitrogens is 2. The first-order chi connectivity index (χ1) is 9.81. The third kappa shape index (κ3) is 4.26. The van der Waals surface area contributed by atoms with Crippen molar-refractivity contribution in [2.24, 2.45) is 0 Å². The molecule has 1 amide bonds. The summed E-state index contributed by atoms with van der Waals surface area (Å²) in [6.07, 6.45) is 2.69. The number of nitrogens with zero attached hydrogens (tertiary/aromatic N) is 2. The molecule has 8 heteroatoms. The van der Waals surface area contributed by atoms with Crippen LogP contribution in [0.4, 0.5) is 0 Å². The molecule has 1 aromatic rings. The average molecular weight is 284 g/mol. The Hall–Kier alpha value is -1.51. The van der Waals surface area contributed by atoms with Crippen LogP contribution < -0.4 is 10.6 Å². The SMILES string of the molecule is O=C(NCCCOCCO)c1noc(C2CCCN2)n1. The van der Waals surface area contributed by atoms with Gasteiger partial charge in [0, 0.05) is 13.2 Å². The van der Waals surface area contributed by atoms with Crippen LogP contribution in [0.3, 0.4) is 0 Å². The number of rotatable bonds is 8. The lowest BCUT2D eigenvalue weighted by atomic mass is 10.2. The number of hydrogen-bond acceptors (Lipinski definition) is 7. The molecule has 1 atom stereocenters. The second-order valence-corrected chi connectivity index (χ2v) is 4.55. The molecular formula is C12H20N4O4. The van der Waals surface area contributed by atoms with Crippen LogP contribution in [-0.2, 0) is 4.74 Å². The van der Waals surface area contributed by atoms with E-state index in [0.29, 0.717) is 32.1 Å². The predicted molar refractivity (Wildman–Crippen MR) is 69.1 cm³/mol. The fourth-order valence-corrected chi connectivity index (χ4v) is 1.99. The van der Waals surface area contributed by atoms with Gasteiger partial charge in [-0.2, -0.15) is 4.98 Å². The number of carbonyl (C=O) groups excluding carboxylic acids is 1. The van der Waals surface area contributed by atoms with Crippen molar-refractivity contribution in [2.75, 3.05) is 32.9 Å². The highest BCUT2D eigenvalue weighted by Gasteiger charge is 2.24. The fourth-order valence-electron chi connectivity index (χ4n) is 1.99. The molecule has 112 valence electrons. The van der Waals surface area contributed by atoms with E-state index in [1.54, 1.807) is 0 Å². The van der Waals surface area contributed by atoms with Gasteiger partial charge in [-0.25, -0.2) is 0 Å². The van der Waals surface area contributed by atoms with E-state index >= 15 is 0 Å². The molecule has 1 aliphatic heterocycles. The molecule has 0 bridgehead atoms. The summed E-state index contributed by atoms with van der Waals surface area (Å²) < 4.78 is 10.2. The van der Waals surface area contributed by atoms with Crippen LogP contribution in [0.5, 0.6) is 0 Å². The summed E-state index contributed by atoms with van der Waals surface area (Å²) in [5.41, 5.74) is 0. The zero-order valence-electron chi connectivity index (χ0n) is 11.3. The molecule has 8 nitrogen and oxygen atoms in total. The van der Waals surface area contributed by atoms with Crippen molar-refractivity contribution in [3.8, 4) is 0 Å². The summed E-state index contributed by atoms with van der Waals surface area (Å²) in [4.78, 5) is 15.9. The molecule has 1 aromatic heterocycles. The van der Waals surface area contributed by atoms with E-state index in [2.05, 4.69) is 20.8 Å². The minimum atomic E-state index is -0.347. The molecule has 1 aliphatic rings. The van der Waals surface area contributed by atoms with Gasteiger partial charge in [0.15, 0.2) is 0 Å². The van der Waals surface area contributed by atoms with Crippen LogP contribution in [-0.4, -0.2) is 54.1 Å². The molecule has 2 rings (SSSR count). The normalized spacial score (nSPS) is 18.4. The topological polar surface area (TPSA) is 110 Å². The average Bonchev–Trinajstić information content (AvgIpc) is 3.12. The summed E-state index contributed by atoms with van der Waals surface area (Å²) in [6, 6.07) is 0.0657. The van der Waals surface area contributed by atoms with Crippen molar-refractivity contribution in [2.45, 2.75) is 25.3 Å². The van der Waals surface area contributed by atoms with Gasteiger partial charge in [0.25, 0.3) is 11.7 Å². The van der Waals surface area contributed by atoms with Crippen LogP contribution in [0.15, 0.2) is 4.52 Å². The van der Waals surface area contributed by atoms with Crippen molar-refractivity contribution < 1.29 is 19.2 Å². The third-order valence-corrected chi connectivity index (χ3v) is 2.99. The zero-order valence-corrected chi connectivity index (χ0v) is 11.3. The number of hydrogen-bond donors (Lipinski definition) is 3. The molecular weight excluding hydrogens is 264 g/mol. The van der Waals surface area contributed by atoms with Gasteiger partial charge in [-0.15, -0.1) is 0 Å². The second kappa shape index (κ2) is 7.93. The van der Waals surface area contributed by atoms with Crippen LogP contribution in [0, 0.1) is 0 Å². The molecule has 0 aromatic carbocycles. The van der Waals surface area contributed by atoms with E-state index in [4.69, 9.17) is 14.4 Å². The smallest absolute Gasteiger partial charge is 0.292 e. The van der Waals surface area contributed by atoms with Crippen LogP contribution in [0.25, 0.3) is 0 Å². The van der Waals surface area contributed by atoms with Crippen molar-refractivity contribution in [1.29, 1.82) is 0 Å². The maximum Gasteiger partial charge on any atom is 0.292 e. The maximum absolute atomic E-state index is 11.8. The highest BCUT2D eigenvalue weighted by atomic mass is 16.5. The predicted octanol–water partition coefficient (Wildman–Crippen LogP) is -0.377. The number of aliphatic hydroxyl groups excluding tert-OH is 1. The minimum Gasteiger partial charge on any atom is -0.394 e. The lowest BCUT2D eigenvalue weighted by molar-refractivity contribution is 0.0862. The molecule has 0 saturated carbocycles. The molecule has 0 radical (unpaired) electrons. The molecule has 3 N–H and O–H groups in total. The number of amides is 1. The summed E-state index contributed by atoms with van der Waals surface area (Å²) in [5.74, 6) is 0.184. The first-order valence-electron chi connectivity index (χ1n) is 6.85. The number of aliphatic hydroxyl groups is 1.